The van der Waals surface area contributed by atoms with Crippen LogP contribution in [0.2, 0.25) is 0 Å². The maximum Gasteiger partial charge on any atom is 0.190 e. The SMILES string of the molecule is Cc1ccc(N=C(NN=Cc2nc3ccccc3s2)c2nc3ccccc3[nH]2)cc1. The lowest BCUT2D eigenvalue weighted by atomic mass is 10.2. The number of benzene rings is 3. The Balaban J connectivity index is 1.47. The van der Waals surface area contributed by atoms with Crippen molar-refractivity contribution in [3.8, 4) is 0 Å². The van der Waals surface area contributed by atoms with Crippen molar-refractivity contribution < 1.29 is 0 Å². The molecule has 0 atom stereocenters. The summed E-state index contributed by atoms with van der Waals surface area (Å²) in [7, 11) is 0. The van der Waals surface area contributed by atoms with E-state index in [-0.39, 0.29) is 0 Å². The topological polar surface area (TPSA) is 78.3 Å². The van der Waals surface area contributed by atoms with E-state index in [9.17, 15) is 0 Å². The highest BCUT2D eigenvalue weighted by Gasteiger charge is 2.10. The highest BCUT2D eigenvalue weighted by Crippen LogP contribution is 2.20. The van der Waals surface area contributed by atoms with Gasteiger partial charge >= 0.3 is 0 Å². The van der Waals surface area contributed by atoms with Gasteiger partial charge in [-0.05, 0) is 43.3 Å². The number of aromatic nitrogens is 3. The fourth-order valence-corrected chi connectivity index (χ4v) is 3.88. The lowest BCUT2D eigenvalue weighted by Gasteiger charge is -2.03. The fourth-order valence-electron chi connectivity index (χ4n) is 3.04. The summed E-state index contributed by atoms with van der Waals surface area (Å²) >= 11 is 1.59. The molecule has 0 fully saturated rings. The van der Waals surface area contributed by atoms with Crippen LogP contribution in [0.1, 0.15) is 16.4 Å². The van der Waals surface area contributed by atoms with Crippen molar-refractivity contribution >= 4 is 50.3 Å². The molecule has 30 heavy (non-hydrogen) atoms. The number of hydrogen-bond donors (Lipinski definition) is 2. The molecule has 0 unspecified atom stereocenters. The number of aromatic amines is 1. The fraction of sp³-hybridized carbons (Fsp3) is 0.0435. The molecule has 0 spiro atoms. The minimum absolute atomic E-state index is 0.535. The van der Waals surface area contributed by atoms with Gasteiger partial charge in [0.2, 0.25) is 0 Å². The summed E-state index contributed by atoms with van der Waals surface area (Å²) in [6.45, 7) is 2.05. The van der Waals surface area contributed by atoms with E-state index in [1.54, 1.807) is 17.6 Å². The Hall–Kier alpha value is -3.84. The van der Waals surface area contributed by atoms with Crippen molar-refractivity contribution in [3.05, 3.63) is 89.2 Å². The Kier molecular flexibility index (Phi) is 4.78. The lowest BCUT2D eigenvalue weighted by molar-refractivity contribution is 1.01. The molecule has 0 bridgehead atoms. The van der Waals surface area contributed by atoms with Gasteiger partial charge in [-0.1, -0.05) is 42.0 Å². The number of aryl methyl sites for hydroxylation is 1. The first-order valence-corrected chi connectivity index (χ1v) is 10.3. The maximum absolute atomic E-state index is 4.72. The van der Waals surface area contributed by atoms with Gasteiger partial charge < -0.3 is 4.98 Å². The zero-order valence-corrected chi connectivity index (χ0v) is 17.0. The summed E-state index contributed by atoms with van der Waals surface area (Å²) in [4.78, 5) is 17.3. The largest absolute Gasteiger partial charge is 0.335 e. The van der Waals surface area contributed by atoms with Gasteiger partial charge in [0.15, 0.2) is 11.7 Å². The van der Waals surface area contributed by atoms with Crippen LogP contribution in [0.4, 0.5) is 5.69 Å². The third-order valence-electron chi connectivity index (χ3n) is 4.54. The van der Waals surface area contributed by atoms with E-state index in [0.717, 1.165) is 31.9 Å². The minimum Gasteiger partial charge on any atom is -0.335 e. The molecule has 5 rings (SSSR count). The van der Waals surface area contributed by atoms with Crippen LogP contribution in [-0.4, -0.2) is 27.0 Å². The number of nitrogens with one attached hydrogen (secondary N) is 2. The van der Waals surface area contributed by atoms with Crippen LogP contribution >= 0.6 is 11.3 Å². The van der Waals surface area contributed by atoms with Crippen LogP contribution in [0.3, 0.4) is 0 Å². The van der Waals surface area contributed by atoms with Gasteiger partial charge in [0.25, 0.3) is 0 Å². The van der Waals surface area contributed by atoms with Gasteiger partial charge in [-0.25, -0.2) is 15.0 Å². The van der Waals surface area contributed by atoms with Gasteiger partial charge in [0.05, 0.1) is 33.2 Å². The molecule has 0 saturated heterocycles. The lowest BCUT2D eigenvalue weighted by Crippen LogP contribution is -2.20. The van der Waals surface area contributed by atoms with Crippen LogP contribution in [0.25, 0.3) is 21.3 Å². The smallest absolute Gasteiger partial charge is 0.190 e. The summed E-state index contributed by atoms with van der Waals surface area (Å²) in [6, 6.07) is 23.9. The van der Waals surface area contributed by atoms with Gasteiger partial charge in [0.1, 0.15) is 5.01 Å². The van der Waals surface area contributed by atoms with Crippen molar-refractivity contribution in [1.82, 2.24) is 20.4 Å². The van der Waals surface area contributed by atoms with Crippen LogP contribution < -0.4 is 5.43 Å². The zero-order valence-electron chi connectivity index (χ0n) is 16.2. The number of amidine groups is 1. The Labute approximate surface area is 177 Å². The summed E-state index contributed by atoms with van der Waals surface area (Å²) < 4.78 is 1.13. The molecular formula is C23H18N6S. The number of rotatable bonds is 4. The summed E-state index contributed by atoms with van der Waals surface area (Å²) in [5.74, 6) is 1.16. The Morgan fingerprint density at radius 2 is 1.70 bits per heavy atom. The number of fused-ring (bicyclic) bond motifs is 2. The molecule has 0 saturated carbocycles. The zero-order chi connectivity index (χ0) is 20.3. The molecule has 0 amide bonds. The standard InChI is InChI=1S/C23H18N6S/c1-15-10-12-16(13-11-15)25-23(22-27-17-6-2-3-7-18(17)28-22)29-24-14-21-26-19-8-4-5-9-20(19)30-21/h2-14H,1H3,(H,25,29)(H,27,28). The van der Waals surface area contributed by atoms with E-state index >= 15 is 0 Å². The monoisotopic (exact) mass is 410 g/mol. The van der Waals surface area contributed by atoms with Gasteiger partial charge in [-0.15, -0.1) is 11.3 Å². The second kappa shape index (κ2) is 7.88. The predicted molar refractivity (Wildman–Crippen MR) is 124 cm³/mol. The number of para-hydroxylation sites is 3. The Bertz CT molecular complexity index is 1310. The number of hydrogen-bond acceptors (Lipinski definition) is 5. The summed E-state index contributed by atoms with van der Waals surface area (Å²) in [5.41, 5.74) is 7.83. The van der Waals surface area contributed by atoms with Crippen molar-refractivity contribution in [1.29, 1.82) is 0 Å². The molecule has 146 valence electrons. The number of thiazole rings is 1. The van der Waals surface area contributed by atoms with E-state index in [4.69, 9.17) is 4.99 Å². The number of nitrogens with zero attached hydrogens (tertiary/aromatic N) is 4. The molecule has 5 aromatic rings. The average Bonchev–Trinajstić information content (AvgIpc) is 3.38. The third kappa shape index (κ3) is 3.83. The molecule has 2 heterocycles. The molecule has 0 aliphatic rings. The summed E-state index contributed by atoms with van der Waals surface area (Å²) in [6.07, 6.45) is 1.71. The van der Waals surface area contributed by atoms with Crippen LogP contribution in [-0.2, 0) is 0 Å². The van der Waals surface area contributed by atoms with Crippen LogP contribution in [0.15, 0.2) is 82.9 Å². The maximum atomic E-state index is 4.72. The van der Waals surface area contributed by atoms with Gasteiger partial charge in [0, 0.05) is 0 Å². The van der Waals surface area contributed by atoms with Crippen molar-refractivity contribution in [2.75, 3.05) is 0 Å². The molecular weight excluding hydrogens is 392 g/mol. The third-order valence-corrected chi connectivity index (χ3v) is 5.52. The van der Waals surface area contributed by atoms with Crippen molar-refractivity contribution in [3.63, 3.8) is 0 Å². The van der Waals surface area contributed by atoms with Crippen molar-refractivity contribution in [2.45, 2.75) is 6.92 Å². The van der Waals surface area contributed by atoms with E-state index in [0.29, 0.717) is 11.7 Å². The first kappa shape index (κ1) is 18.2. The Morgan fingerprint density at radius 3 is 2.50 bits per heavy atom. The number of hydrazone groups is 1. The van der Waals surface area contributed by atoms with Crippen molar-refractivity contribution in [2.24, 2.45) is 10.1 Å². The second-order valence-electron chi connectivity index (χ2n) is 6.79. The number of H-pyrrole nitrogens is 1. The molecule has 0 aliphatic carbocycles. The van der Waals surface area contributed by atoms with Gasteiger partial charge in [-0.3, -0.25) is 5.43 Å². The summed E-state index contributed by atoms with van der Waals surface area (Å²) in [5, 5.41) is 5.20. The number of aliphatic imine (C=N–C) groups is 1. The van der Waals surface area contributed by atoms with Gasteiger partial charge in [-0.2, -0.15) is 5.10 Å². The molecule has 2 N–H and O–H groups in total. The molecule has 6 nitrogen and oxygen atoms in total. The molecule has 0 aliphatic heterocycles. The minimum atomic E-state index is 0.535. The van der Waals surface area contributed by atoms with E-state index in [2.05, 4.69) is 31.5 Å². The van der Waals surface area contributed by atoms with Crippen LogP contribution in [0, 0.1) is 6.92 Å². The second-order valence-corrected chi connectivity index (χ2v) is 7.85. The molecule has 7 heteroatoms. The molecule has 3 aromatic carbocycles. The Morgan fingerprint density at radius 1 is 0.933 bits per heavy atom. The van der Waals surface area contributed by atoms with E-state index < -0.39 is 0 Å². The quantitative estimate of drug-likeness (QED) is 0.243. The van der Waals surface area contributed by atoms with Crippen LogP contribution in [0.5, 0.6) is 0 Å². The normalized spacial score (nSPS) is 12.2. The first-order valence-electron chi connectivity index (χ1n) is 9.50. The first-order chi connectivity index (χ1) is 14.7. The highest BCUT2D eigenvalue weighted by atomic mass is 32.1. The molecule has 0 radical (unpaired) electrons. The predicted octanol–water partition coefficient (Wildman–Crippen LogP) is 5.18. The molecule has 2 aromatic heterocycles. The highest BCUT2D eigenvalue weighted by molar-refractivity contribution is 7.20. The average molecular weight is 411 g/mol. The van der Waals surface area contributed by atoms with E-state index in [1.165, 1.54) is 5.56 Å². The van der Waals surface area contributed by atoms with E-state index in [1.807, 2.05) is 73.7 Å². The number of imidazole rings is 1.